The van der Waals surface area contributed by atoms with Crippen LogP contribution in [-0.4, -0.2) is 14.5 Å². The first kappa shape index (κ1) is 13.6. The minimum absolute atomic E-state index is 0.116. The SMILES string of the molecule is Cn1ccc2c(F)c(-c3nc4ccccc4c(=O)[nH]3)c(F)cc21. The van der Waals surface area contributed by atoms with Crippen molar-refractivity contribution in [3.8, 4) is 11.4 Å². The number of para-hydroxylation sites is 1. The number of fused-ring (bicyclic) bond motifs is 2. The van der Waals surface area contributed by atoms with Gasteiger partial charge in [0.25, 0.3) is 5.56 Å². The minimum atomic E-state index is -0.768. The monoisotopic (exact) mass is 311 g/mol. The Morgan fingerprint density at radius 3 is 2.74 bits per heavy atom. The molecule has 4 rings (SSSR count). The number of hydrogen-bond donors (Lipinski definition) is 1. The summed E-state index contributed by atoms with van der Waals surface area (Å²) in [6, 6.07) is 9.46. The Balaban J connectivity index is 2.08. The molecule has 2 aromatic heterocycles. The van der Waals surface area contributed by atoms with Gasteiger partial charge in [0.2, 0.25) is 0 Å². The molecular weight excluding hydrogens is 300 g/mol. The topological polar surface area (TPSA) is 50.7 Å². The van der Waals surface area contributed by atoms with Crippen LogP contribution in [0.25, 0.3) is 33.2 Å². The van der Waals surface area contributed by atoms with E-state index in [4.69, 9.17) is 0 Å². The molecule has 0 bridgehead atoms. The molecule has 0 radical (unpaired) electrons. The molecule has 6 heteroatoms. The highest BCUT2D eigenvalue weighted by Gasteiger charge is 2.19. The summed E-state index contributed by atoms with van der Waals surface area (Å²) in [7, 11) is 1.71. The number of aromatic amines is 1. The Bertz CT molecular complexity index is 1130. The molecule has 0 aliphatic rings. The van der Waals surface area contributed by atoms with Gasteiger partial charge in [-0.2, -0.15) is 0 Å². The van der Waals surface area contributed by atoms with Crippen molar-refractivity contribution < 1.29 is 8.78 Å². The molecule has 0 saturated carbocycles. The molecule has 0 atom stereocenters. The van der Waals surface area contributed by atoms with Gasteiger partial charge in [-0.15, -0.1) is 0 Å². The van der Waals surface area contributed by atoms with Crippen LogP contribution in [-0.2, 0) is 7.05 Å². The van der Waals surface area contributed by atoms with Crippen LogP contribution in [0.15, 0.2) is 47.4 Å². The van der Waals surface area contributed by atoms with Gasteiger partial charge in [0, 0.05) is 18.6 Å². The van der Waals surface area contributed by atoms with Crippen molar-refractivity contribution >= 4 is 21.8 Å². The second-order valence-corrected chi connectivity index (χ2v) is 5.34. The summed E-state index contributed by atoms with van der Waals surface area (Å²) >= 11 is 0. The van der Waals surface area contributed by atoms with Gasteiger partial charge >= 0.3 is 0 Å². The van der Waals surface area contributed by atoms with Crippen molar-refractivity contribution in [2.45, 2.75) is 0 Å². The van der Waals surface area contributed by atoms with Gasteiger partial charge in [0.15, 0.2) is 0 Å². The summed E-state index contributed by atoms with van der Waals surface area (Å²) in [5, 5.41) is 0.651. The molecule has 0 spiro atoms. The Morgan fingerprint density at radius 2 is 1.91 bits per heavy atom. The fourth-order valence-electron chi connectivity index (χ4n) is 2.76. The summed E-state index contributed by atoms with van der Waals surface area (Å²) < 4.78 is 30.8. The number of hydrogen-bond acceptors (Lipinski definition) is 2. The number of halogens is 2. The Hall–Kier alpha value is -3.02. The number of aromatic nitrogens is 3. The molecular formula is C17H11F2N3O. The van der Waals surface area contributed by atoms with E-state index in [1.165, 1.54) is 6.07 Å². The maximum Gasteiger partial charge on any atom is 0.259 e. The van der Waals surface area contributed by atoms with E-state index in [1.54, 1.807) is 48.1 Å². The van der Waals surface area contributed by atoms with E-state index < -0.39 is 17.2 Å². The van der Waals surface area contributed by atoms with Crippen molar-refractivity contribution in [2.75, 3.05) is 0 Å². The normalized spacial score (nSPS) is 11.4. The smallest absolute Gasteiger partial charge is 0.259 e. The fraction of sp³-hybridized carbons (Fsp3) is 0.0588. The van der Waals surface area contributed by atoms with E-state index in [9.17, 15) is 13.6 Å². The van der Waals surface area contributed by atoms with E-state index in [0.717, 1.165) is 0 Å². The zero-order valence-corrected chi connectivity index (χ0v) is 12.1. The minimum Gasteiger partial charge on any atom is -0.350 e. The highest BCUT2D eigenvalue weighted by molar-refractivity contribution is 5.87. The van der Waals surface area contributed by atoms with Crippen molar-refractivity contribution in [1.82, 2.24) is 14.5 Å². The number of H-pyrrole nitrogens is 1. The molecule has 0 saturated heterocycles. The highest BCUT2D eigenvalue weighted by atomic mass is 19.1. The maximum atomic E-state index is 14.7. The average molecular weight is 311 g/mol. The molecule has 1 N–H and O–H groups in total. The zero-order chi connectivity index (χ0) is 16.1. The first-order valence-corrected chi connectivity index (χ1v) is 6.99. The van der Waals surface area contributed by atoms with Crippen molar-refractivity contribution in [3.63, 3.8) is 0 Å². The molecule has 0 aliphatic heterocycles. The number of nitrogens with one attached hydrogen (secondary N) is 1. The second kappa shape index (κ2) is 4.74. The quantitative estimate of drug-likeness (QED) is 0.586. The van der Waals surface area contributed by atoms with Gasteiger partial charge in [0.05, 0.1) is 22.0 Å². The van der Waals surface area contributed by atoms with E-state index in [-0.39, 0.29) is 16.8 Å². The first-order valence-electron chi connectivity index (χ1n) is 6.99. The Kier molecular flexibility index (Phi) is 2.81. The van der Waals surface area contributed by atoms with Gasteiger partial charge in [-0.1, -0.05) is 12.1 Å². The molecule has 4 aromatic rings. The van der Waals surface area contributed by atoms with Gasteiger partial charge in [-0.05, 0) is 24.3 Å². The molecule has 2 aromatic carbocycles. The number of nitrogens with zero attached hydrogens (tertiary/aromatic N) is 2. The van der Waals surface area contributed by atoms with Crippen LogP contribution in [0.2, 0.25) is 0 Å². The average Bonchev–Trinajstić information content (AvgIpc) is 2.89. The zero-order valence-electron chi connectivity index (χ0n) is 12.1. The maximum absolute atomic E-state index is 14.7. The lowest BCUT2D eigenvalue weighted by molar-refractivity contribution is 0.595. The molecule has 23 heavy (non-hydrogen) atoms. The molecule has 0 fully saturated rings. The largest absolute Gasteiger partial charge is 0.350 e. The highest BCUT2D eigenvalue weighted by Crippen LogP contribution is 2.30. The van der Waals surface area contributed by atoms with Crippen molar-refractivity contribution in [3.05, 3.63) is 64.6 Å². The van der Waals surface area contributed by atoms with Gasteiger partial charge < -0.3 is 9.55 Å². The lowest BCUT2D eigenvalue weighted by atomic mass is 10.1. The van der Waals surface area contributed by atoms with E-state index in [1.807, 2.05) is 0 Å². The lowest BCUT2D eigenvalue weighted by Gasteiger charge is -2.08. The molecule has 0 unspecified atom stereocenters. The van der Waals surface area contributed by atoms with Gasteiger partial charge in [0.1, 0.15) is 17.5 Å². The summed E-state index contributed by atoms with van der Waals surface area (Å²) in [4.78, 5) is 18.8. The fourth-order valence-corrected chi connectivity index (χ4v) is 2.76. The molecule has 0 aliphatic carbocycles. The predicted molar refractivity (Wildman–Crippen MR) is 84.2 cm³/mol. The number of aryl methyl sites for hydroxylation is 1. The second-order valence-electron chi connectivity index (χ2n) is 5.34. The molecule has 2 heterocycles. The van der Waals surface area contributed by atoms with Crippen LogP contribution in [0.3, 0.4) is 0 Å². The number of benzene rings is 2. The number of rotatable bonds is 1. The van der Waals surface area contributed by atoms with E-state index in [0.29, 0.717) is 16.4 Å². The van der Waals surface area contributed by atoms with Crippen LogP contribution in [0, 0.1) is 11.6 Å². The third-order valence-corrected chi connectivity index (χ3v) is 3.93. The summed E-state index contributed by atoms with van der Waals surface area (Å²) in [5.74, 6) is -1.62. The third-order valence-electron chi connectivity index (χ3n) is 3.93. The van der Waals surface area contributed by atoms with Gasteiger partial charge in [-0.25, -0.2) is 13.8 Å². The molecule has 4 nitrogen and oxygen atoms in total. The van der Waals surface area contributed by atoms with Crippen LogP contribution >= 0.6 is 0 Å². The summed E-state index contributed by atoms with van der Waals surface area (Å²) in [6.07, 6.45) is 1.65. The van der Waals surface area contributed by atoms with Crippen LogP contribution in [0.4, 0.5) is 8.78 Å². The Morgan fingerprint density at radius 1 is 1.13 bits per heavy atom. The van der Waals surface area contributed by atoms with E-state index >= 15 is 0 Å². The third kappa shape index (κ3) is 1.95. The molecule has 0 amide bonds. The van der Waals surface area contributed by atoms with Gasteiger partial charge in [-0.3, -0.25) is 4.79 Å². The standard InChI is InChI=1S/C17H11F2N3O/c1-22-7-6-10-13(22)8-11(18)14(15(10)19)16-20-12-5-3-2-4-9(12)17(23)21-16/h2-8H,1H3,(H,20,21,23). The lowest BCUT2D eigenvalue weighted by Crippen LogP contribution is -2.10. The van der Waals surface area contributed by atoms with Crippen LogP contribution in [0.5, 0.6) is 0 Å². The summed E-state index contributed by atoms with van der Waals surface area (Å²) in [6.45, 7) is 0. The Labute approximate surface area is 129 Å². The van der Waals surface area contributed by atoms with E-state index in [2.05, 4.69) is 9.97 Å². The summed E-state index contributed by atoms with van der Waals surface area (Å²) in [5.41, 5.74) is 0.0641. The predicted octanol–water partition coefficient (Wildman–Crippen LogP) is 3.36. The van der Waals surface area contributed by atoms with Crippen molar-refractivity contribution in [2.24, 2.45) is 7.05 Å². The van der Waals surface area contributed by atoms with Crippen LogP contribution in [0.1, 0.15) is 0 Å². The van der Waals surface area contributed by atoms with Crippen LogP contribution < -0.4 is 5.56 Å². The first-order chi connectivity index (χ1) is 11.1. The molecule has 114 valence electrons. The van der Waals surface area contributed by atoms with Crippen molar-refractivity contribution in [1.29, 1.82) is 0 Å².